The highest BCUT2D eigenvalue weighted by Gasteiger charge is 2.15. The van der Waals surface area contributed by atoms with Gasteiger partial charge in [-0.25, -0.2) is 0 Å². The molecule has 1 atom stereocenters. The van der Waals surface area contributed by atoms with Gasteiger partial charge in [0.1, 0.15) is 5.69 Å². The number of aliphatic hydroxyl groups is 1. The fraction of sp³-hybridized carbons (Fsp3) is 0.438. The molecule has 3 N–H and O–H groups in total. The molecular formula is C16H22N4O2. The number of rotatable bonds is 7. The second kappa shape index (κ2) is 7.70. The van der Waals surface area contributed by atoms with E-state index in [1.165, 1.54) is 0 Å². The zero-order valence-electron chi connectivity index (χ0n) is 12.9. The van der Waals surface area contributed by atoms with Crippen molar-refractivity contribution in [1.29, 1.82) is 0 Å². The van der Waals surface area contributed by atoms with E-state index in [-0.39, 0.29) is 18.4 Å². The Kier molecular flexibility index (Phi) is 5.66. The average molecular weight is 302 g/mol. The molecule has 1 unspecified atom stereocenters. The Bertz CT molecular complexity index is 595. The quantitative estimate of drug-likeness (QED) is 0.723. The van der Waals surface area contributed by atoms with Crippen LogP contribution in [-0.4, -0.2) is 39.3 Å². The van der Waals surface area contributed by atoms with E-state index < -0.39 is 0 Å². The van der Waals surface area contributed by atoms with Gasteiger partial charge in [-0.3, -0.25) is 14.9 Å². The molecule has 2 aromatic rings. The number of aromatic amines is 1. The van der Waals surface area contributed by atoms with Crippen molar-refractivity contribution in [3.63, 3.8) is 0 Å². The number of nitrogens with one attached hydrogen (secondary N) is 2. The highest BCUT2D eigenvalue weighted by Crippen LogP contribution is 2.12. The highest BCUT2D eigenvalue weighted by atomic mass is 16.3. The van der Waals surface area contributed by atoms with Gasteiger partial charge in [0.15, 0.2) is 0 Å². The molecule has 6 nitrogen and oxygen atoms in total. The zero-order chi connectivity index (χ0) is 15.9. The van der Waals surface area contributed by atoms with Crippen LogP contribution < -0.4 is 5.32 Å². The van der Waals surface area contributed by atoms with Crippen molar-refractivity contribution in [2.45, 2.75) is 26.2 Å². The number of pyridine rings is 1. The molecule has 0 saturated heterocycles. The summed E-state index contributed by atoms with van der Waals surface area (Å²) >= 11 is 0. The maximum absolute atomic E-state index is 12.1. The summed E-state index contributed by atoms with van der Waals surface area (Å²) in [7, 11) is 0. The maximum atomic E-state index is 12.1. The van der Waals surface area contributed by atoms with Crippen molar-refractivity contribution < 1.29 is 9.90 Å². The van der Waals surface area contributed by atoms with Crippen molar-refractivity contribution in [2.24, 2.45) is 5.92 Å². The smallest absolute Gasteiger partial charge is 0.271 e. The van der Waals surface area contributed by atoms with Crippen LogP contribution in [0.2, 0.25) is 0 Å². The molecular weight excluding hydrogens is 280 g/mol. The molecule has 0 aliphatic rings. The minimum Gasteiger partial charge on any atom is -0.396 e. The molecule has 0 aliphatic heterocycles. The van der Waals surface area contributed by atoms with Crippen molar-refractivity contribution in [3.05, 3.63) is 47.5 Å². The fourth-order valence-corrected chi connectivity index (χ4v) is 2.09. The van der Waals surface area contributed by atoms with Gasteiger partial charge in [-0.05, 0) is 30.5 Å². The molecule has 0 spiro atoms. The Morgan fingerprint density at radius 3 is 2.82 bits per heavy atom. The van der Waals surface area contributed by atoms with Gasteiger partial charge in [0.05, 0.1) is 0 Å². The number of nitrogens with zero attached hydrogens (tertiary/aromatic N) is 2. The first-order chi connectivity index (χ1) is 10.6. The molecule has 6 heteroatoms. The highest BCUT2D eigenvalue weighted by molar-refractivity contribution is 5.92. The summed E-state index contributed by atoms with van der Waals surface area (Å²) in [5, 5.41) is 19.1. The Labute approximate surface area is 130 Å². The van der Waals surface area contributed by atoms with Gasteiger partial charge < -0.3 is 10.4 Å². The summed E-state index contributed by atoms with van der Waals surface area (Å²) in [6.45, 7) is 4.44. The molecule has 0 radical (unpaired) electrons. The first-order valence-corrected chi connectivity index (χ1v) is 7.44. The third-order valence-corrected chi connectivity index (χ3v) is 3.49. The molecule has 118 valence electrons. The number of aromatic nitrogens is 3. The van der Waals surface area contributed by atoms with Gasteiger partial charge >= 0.3 is 0 Å². The zero-order valence-corrected chi connectivity index (χ0v) is 12.9. The van der Waals surface area contributed by atoms with Crippen LogP contribution in [0.3, 0.4) is 0 Å². The third kappa shape index (κ3) is 4.39. The minimum atomic E-state index is -0.234. The van der Waals surface area contributed by atoms with E-state index in [2.05, 4.69) is 20.5 Å². The lowest BCUT2D eigenvalue weighted by Gasteiger charge is -2.14. The van der Waals surface area contributed by atoms with Crippen LogP contribution in [-0.2, 0) is 6.42 Å². The minimum absolute atomic E-state index is 0.00529. The van der Waals surface area contributed by atoms with Crippen LogP contribution in [0.1, 0.15) is 41.6 Å². The van der Waals surface area contributed by atoms with Crippen molar-refractivity contribution >= 4 is 5.91 Å². The van der Waals surface area contributed by atoms with Crippen LogP contribution in [0, 0.1) is 5.92 Å². The summed E-state index contributed by atoms with van der Waals surface area (Å²) in [6, 6.07) is 7.43. The largest absolute Gasteiger partial charge is 0.396 e. The van der Waals surface area contributed by atoms with Crippen LogP contribution in [0.15, 0.2) is 30.5 Å². The Balaban J connectivity index is 1.88. The monoisotopic (exact) mass is 302 g/mol. The van der Waals surface area contributed by atoms with Crippen LogP contribution in [0.25, 0.3) is 0 Å². The van der Waals surface area contributed by atoms with Gasteiger partial charge in [0, 0.05) is 36.7 Å². The molecule has 1 amide bonds. The number of carbonyl (C=O) groups is 1. The summed E-state index contributed by atoms with van der Waals surface area (Å²) in [5.41, 5.74) is 2.20. The summed E-state index contributed by atoms with van der Waals surface area (Å²) in [4.78, 5) is 16.3. The molecule has 2 heterocycles. The molecule has 0 bridgehead atoms. The Hall–Kier alpha value is -2.21. The standard InChI is InChI=1S/C16H22N4O2/c1-11(2)14-8-15(20-19-14)16(22)18-9-12(10-21)7-13-5-3-4-6-17-13/h3-6,8,11-12,21H,7,9-10H2,1-2H3,(H,18,22)(H,19,20). The topological polar surface area (TPSA) is 90.9 Å². The lowest BCUT2D eigenvalue weighted by atomic mass is 10.0. The van der Waals surface area contributed by atoms with Crippen molar-refractivity contribution in [1.82, 2.24) is 20.5 Å². The molecule has 2 aromatic heterocycles. The predicted octanol–water partition coefficient (Wildman–Crippen LogP) is 1.51. The van der Waals surface area contributed by atoms with E-state index >= 15 is 0 Å². The fourth-order valence-electron chi connectivity index (χ4n) is 2.09. The van der Waals surface area contributed by atoms with E-state index in [4.69, 9.17) is 0 Å². The van der Waals surface area contributed by atoms with Gasteiger partial charge in [-0.2, -0.15) is 5.10 Å². The Morgan fingerprint density at radius 1 is 1.41 bits per heavy atom. The summed E-state index contributed by atoms with van der Waals surface area (Å²) in [5.74, 6) is -0.00613. The van der Waals surface area contributed by atoms with Gasteiger partial charge in [-0.15, -0.1) is 0 Å². The van der Waals surface area contributed by atoms with Crippen molar-refractivity contribution in [2.75, 3.05) is 13.2 Å². The molecule has 2 rings (SSSR count). The SMILES string of the molecule is CC(C)c1cc(C(=O)NCC(CO)Cc2ccccn2)n[nH]1. The molecule has 0 aromatic carbocycles. The lowest BCUT2D eigenvalue weighted by molar-refractivity contribution is 0.0934. The second-order valence-electron chi connectivity index (χ2n) is 5.65. The first kappa shape index (κ1) is 16.2. The van der Waals surface area contributed by atoms with E-state index in [1.54, 1.807) is 12.3 Å². The normalized spacial score (nSPS) is 12.4. The van der Waals surface area contributed by atoms with Crippen LogP contribution in [0.4, 0.5) is 0 Å². The second-order valence-corrected chi connectivity index (χ2v) is 5.65. The van der Waals surface area contributed by atoms with E-state index in [0.717, 1.165) is 11.4 Å². The summed E-state index contributed by atoms with van der Waals surface area (Å²) in [6.07, 6.45) is 2.34. The number of amides is 1. The molecule has 0 fully saturated rings. The number of aliphatic hydroxyl groups excluding tert-OH is 1. The number of carbonyl (C=O) groups excluding carboxylic acids is 1. The van der Waals surface area contributed by atoms with E-state index in [0.29, 0.717) is 24.6 Å². The summed E-state index contributed by atoms with van der Waals surface area (Å²) < 4.78 is 0. The van der Waals surface area contributed by atoms with Crippen LogP contribution >= 0.6 is 0 Å². The van der Waals surface area contributed by atoms with E-state index in [1.807, 2.05) is 32.0 Å². The molecule has 0 aliphatic carbocycles. The number of hydrogen-bond donors (Lipinski definition) is 3. The number of H-pyrrole nitrogens is 1. The average Bonchev–Trinajstić information content (AvgIpc) is 3.02. The maximum Gasteiger partial charge on any atom is 0.271 e. The van der Waals surface area contributed by atoms with Gasteiger partial charge in [-0.1, -0.05) is 19.9 Å². The predicted molar refractivity (Wildman–Crippen MR) is 83.5 cm³/mol. The third-order valence-electron chi connectivity index (χ3n) is 3.49. The molecule has 0 saturated carbocycles. The Morgan fingerprint density at radius 2 is 2.23 bits per heavy atom. The van der Waals surface area contributed by atoms with Gasteiger partial charge in [0.25, 0.3) is 5.91 Å². The van der Waals surface area contributed by atoms with Crippen LogP contribution in [0.5, 0.6) is 0 Å². The lowest BCUT2D eigenvalue weighted by Crippen LogP contribution is -2.32. The van der Waals surface area contributed by atoms with E-state index in [9.17, 15) is 9.90 Å². The number of hydrogen-bond acceptors (Lipinski definition) is 4. The first-order valence-electron chi connectivity index (χ1n) is 7.44. The van der Waals surface area contributed by atoms with Crippen molar-refractivity contribution in [3.8, 4) is 0 Å². The molecule has 22 heavy (non-hydrogen) atoms. The van der Waals surface area contributed by atoms with Gasteiger partial charge in [0.2, 0.25) is 0 Å².